The topological polar surface area (TPSA) is 131 Å². The van der Waals surface area contributed by atoms with Gasteiger partial charge in [0.05, 0.1) is 37.6 Å². The lowest BCUT2D eigenvalue weighted by Gasteiger charge is -2.16. The maximum atomic E-state index is 12.9. The summed E-state index contributed by atoms with van der Waals surface area (Å²) in [6.45, 7) is 0.114. The fourth-order valence-corrected chi connectivity index (χ4v) is 4.42. The molecule has 0 bridgehead atoms. The molecule has 3 aromatic carbocycles. The number of nitrogens with one attached hydrogen (secondary N) is 2. The van der Waals surface area contributed by atoms with Crippen molar-refractivity contribution >= 4 is 58.5 Å². The molecule has 0 saturated carbocycles. The van der Waals surface area contributed by atoms with E-state index in [0.29, 0.717) is 16.1 Å². The molecule has 0 spiro atoms. The van der Waals surface area contributed by atoms with Crippen LogP contribution in [0.15, 0.2) is 77.5 Å². The summed E-state index contributed by atoms with van der Waals surface area (Å²) in [6.07, 6.45) is 0. The first kappa shape index (κ1) is 29.3. The van der Waals surface area contributed by atoms with E-state index < -0.39 is 29.7 Å². The van der Waals surface area contributed by atoms with E-state index >= 15 is 0 Å². The number of hydrogen-bond donors (Lipinski definition) is 2. The molecule has 12 heteroatoms. The zero-order valence-corrected chi connectivity index (χ0v) is 23.3. The molecular formula is C29H23Cl2N3O7. The molecule has 2 N–H and O–H groups in total. The van der Waals surface area contributed by atoms with E-state index in [2.05, 4.69) is 10.6 Å². The number of halogens is 2. The van der Waals surface area contributed by atoms with Crippen molar-refractivity contribution < 1.29 is 33.4 Å². The second-order valence-corrected chi connectivity index (χ2v) is 9.51. The Hall–Kier alpha value is -4.67. The third-order valence-corrected chi connectivity index (χ3v) is 6.90. The molecule has 0 saturated heterocycles. The van der Waals surface area contributed by atoms with Crippen molar-refractivity contribution in [3.63, 3.8) is 0 Å². The van der Waals surface area contributed by atoms with Crippen molar-refractivity contribution in [1.82, 2.24) is 10.2 Å². The lowest BCUT2D eigenvalue weighted by Crippen LogP contribution is -2.33. The Morgan fingerprint density at radius 3 is 2.15 bits per heavy atom. The van der Waals surface area contributed by atoms with Crippen LogP contribution in [0.25, 0.3) is 0 Å². The minimum absolute atomic E-state index is 0.0250. The first-order valence-electron chi connectivity index (χ1n) is 12.1. The first-order chi connectivity index (χ1) is 19.6. The van der Waals surface area contributed by atoms with Gasteiger partial charge in [0.25, 0.3) is 17.7 Å². The first-order valence-corrected chi connectivity index (χ1v) is 12.8. The number of ether oxygens (including phenoxy) is 2. The minimum atomic E-state index is -0.698. The molecule has 3 aromatic rings. The monoisotopic (exact) mass is 595 g/mol. The van der Waals surface area contributed by atoms with Crippen molar-refractivity contribution in [3.8, 4) is 0 Å². The summed E-state index contributed by atoms with van der Waals surface area (Å²) in [5.74, 6) is -3.09. The highest BCUT2D eigenvalue weighted by atomic mass is 35.5. The molecule has 1 heterocycles. The summed E-state index contributed by atoms with van der Waals surface area (Å²) in [5.41, 5.74) is 1.77. The van der Waals surface area contributed by atoms with Crippen LogP contribution in [0.1, 0.15) is 42.2 Å². The van der Waals surface area contributed by atoms with Gasteiger partial charge in [-0.3, -0.25) is 19.3 Å². The summed E-state index contributed by atoms with van der Waals surface area (Å²) in [5, 5.41) is 5.72. The van der Waals surface area contributed by atoms with E-state index in [0.717, 1.165) is 4.90 Å². The quantitative estimate of drug-likeness (QED) is 0.277. The highest BCUT2D eigenvalue weighted by Gasteiger charge is 2.37. The van der Waals surface area contributed by atoms with Gasteiger partial charge in [0.2, 0.25) is 0 Å². The molecule has 0 fully saturated rings. The molecule has 10 nitrogen and oxygen atoms in total. The fraction of sp³-hybridized carbons (Fsp3) is 0.138. The number of amides is 3. The Balaban J connectivity index is 1.43. The van der Waals surface area contributed by atoms with E-state index in [1.807, 2.05) is 0 Å². The van der Waals surface area contributed by atoms with Gasteiger partial charge in [0.1, 0.15) is 10.7 Å². The van der Waals surface area contributed by atoms with Crippen LogP contribution in [0.4, 0.5) is 5.69 Å². The van der Waals surface area contributed by atoms with Gasteiger partial charge in [-0.1, -0.05) is 53.5 Å². The van der Waals surface area contributed by atoms with Crippen molar-refractivity contribution in [3.05, 3.63) is 110 Å². The second-order valence-electron chi connectivity index (χ2n) is 8.72. The second kappa shape index (κ2) is 12.7. The van der Waals surface area contributed by atoms with Crippen LogP contribution in [0.5, 0.6) is 0 Å². The van der Waals surface area contributed by atoms with Crippen LogP contribution in [-0.4, -0.2) is 48.8 Å². The molecule has 0 radical (unpaired) electrons. The van der Waals surface area contributed by atoms with E-state index in [9.17, 15) is 24.0 Å². The van der Waals surface area contributed by atoms with E-state index in [4.69, 9.17) is 32.7 Å². The average Bonchev–Trinajstić information content (AvgIpc) is 3.18. The van der Waals surface area contributed by atoms with Crippen LogP contribution in [0, 0.1) is 0 Å². The smallest absolute Gasteiger partial charge is 0.339 e. The predicted octanol–water partition coefficient (Wildman–Crippen LogP) is 4.27. The molecule has 0 aromatic heterocycles. The summed E-state index contributed by atoms with van der Waals surface area (Å²) < 4.78 is 9.46. The maximum Gasteiger partial charge on any atom is 0.339 e. The largest absolute Gasteiger partial charge is 0.465 e. The molecule has 41 heavy (non-hydrogen) atoms. The van der Waals surface area contributed by atoms with Crippen LogP contribution in [-0.2, 0) is 32.2 Å². The van der Waals surface area contributed by atoms with Crippen molar-refractivity contribution in [2.45, 2.75) is 13.1 Å². The molecule has 4 rings (SSSR count). The van der Waals surface area contributed by atoms with E-state index in [-0.39, 0.29) is 46.2 Å². The molecule has 1 aliphatic heterocycles. The number of anilines is 1. The normalized spacial score (nSPS) is 12.8. The maximum absolute atomic E-state index is 12.9. The number of carbonyl (C=O) groups is 5. The zero-order chi connectivity index (χ0) is 29.7. The number of hydrogen-bond acceptors (Lipinski definition) is 8. The minimum Gasteiger partial charge on any atom is -0.465 e. The Morgan fingerprint density at radius 1 is 0.829 bits per heavy atom. The van der Waals surface area contributed by atoms with Crippen LogP contribution < -0.4 is 10.6 Å². The van der Waals surface area contributed by atoms with Crippen LogP contribution in [0.3, 0.4) is 0 Å². The Morgan fingerprint density at radius 2 is 1.49 bits per heavy atom. The molecule has 1 aliphatic rings. The van der Waals surface area contributed by atoms with Crippen LogP contribution in [0.2, 0.25) is 5.02 Å². The number of esters is 2. The third-order valence-electron chi connectivity index (χ3n) is 6.18. The predicted molar refractivity (Wildman–Crippen MR) is 150 cm³/mol. The van der Waals surface area contributed by atoms with Crippen molar-refractivity contribution in [2.24, 2.45) is 0 Å². The van der Waals surface area contributed by atoms with Gasteiger partial charge in [-0.2, -0.15) is 0 Å². The van der Waals surface area contributed by atoms with Gasteiger partial charge < -0.3 is 20.1 Å². The summed E-state index contributed by atoms with van der Waals surface area (Å²) in [4.78, 5) is 63.5. The van der Waals surface area contributed by atoms with E-state index in [1.165, 1.54) is 44.6 Å². The summed E-state index contributed by atoms with van der Waals surface area (Å²) in [6, 6.07) is 17.3. The van der Waals surface area contributed by atoms with Gasteiger partial charge in [0.15, 0.2) is 0 Å². The molecular weight excluding hydrogens is 573 g/mol. The number of benzene rings is 3. The molecule has 3 amide bonds. The number of nitrogens with zero attached hydrogens (tertiary/aromatic N) is 1. The number of imide groups is 1. The number of methoxy groups -OCH3 is 2. The lowest BCUT2D eigenvalue weighted by atomic mass is 10.1. The third kappa shape index (κ3) is 6.40. The molecule has 0 unspecified atom stereocenters. The van der Waals surface area contributed by atoms with Gasteiger partial charge in [-0.25, -0.2) is 9.59 Å². The van der Waals surface area contributed by atoms with Gasteiger partial charge in [0, 0.05) is 17.1 Å². The summed E-state index contributed by atoms with van der Waals surface area (Å²) >= 11 is 12.3. The number of rotatable bonds is 9. The van der Waals surface area contributed by atoms with Gasteiger partial charge in [-0.05, 0) is 47.5 Å². The van der Waals surface area contributed by atoms with E-state index in [1.54, 1.807) is 36.4 Å². The zero-order valence-electron chi connectivity index (χ0n) is 21.8. The van der Waals surface area contributed by atoms with Gasteiger partial charge in [-0.15, -0.1) is 0 Å². The van der Waals surface area contributed by atoms with Gasteiger partial charge >= 0.3 is 11.9 Å². The average molecular weight is 596 g/mol. The SMILES string of the molecule is COC(=O)c1ccc(C(=O)OC)c(NC(=O)c2ccc(CNC3=C(Cl)C(=O)N(Cc4ccccc4Cl)C3=O)cc2)c1. The Kier molecular flexibility index (Phi) is 9.06. The lowest BCUT2D eigenvalue weighted by molar-refractivity contribution is -0.138. The molecule has 0 aliphatic carbocycles. The Bertz CT molecular complexity index is 1590. The molecule has 0 atom stereocenters. The highest BCUT2D eigenvalue weighted by molar-refractivity contribution is 6.47. The van der Waals surface area contributed by atoms with Crippen molar-refractivity contribution in [1.29, 1.82) is 0 Å². The highest BCUT2D eigenvalue weighted by Crippen LogP contribution is 2.27. The number of carbonyl (C=O) groups excluding carboxylic acids is 5. The Labute approximate surface area is 244 Å². The van der Waals surface area contributed by atoms with Crippen molar-refractivity contribution in [2.75, 3.05) is 19.5 Å². The summed E-state index contributed by atoms with van der Waals surface area (Å²) in [7, 11) is 2.41. The molecule has 210 valence electrons. The standard InChI is InChI=1S/C29H23Cl2N3O7/c1-40-28(38)18-11-12-20(29(39)41-2)22(13-18)33-25(35)17-9-7-16(8-10-17)14-32-24-23(31)26(36)34(27(24)37)15-19-5-3-4-6-21(19)30/h3-13,32H,14-15H2,1-2H3,(H,33,35). The fourth-order valence-electron chi connectivity index (χ4n) is 3.98. The van der Waals surface area contributed by atoms with Crippen LogP contribution >= 0.6 is 23.2 Å².